The number of rotatable bonds is 3. The predicted octanol–water partition coefficient (Wildman–Crippen LogP) is 8.01. The molecule has 0 saturated carbocycles. The van der Waals surface area contributed by atoms with Crippen LogP contribution in [0.2, 0.25) is 10.0 Å². The number of hydrogen-bond acceptors (Lipinski definition) is 1. The summed E-state index contributed by atoms with van der Waals surface area (Å²) in [5, 5.41) is 1.10. The van der Waals surface area contributed by atoms with Crippen molar-refractivity contribution in [3.63, 3.8) is 0 Å². The molecule has 0 saturated heterocycles. The molecular formula is C25H19Cl2N. The number of aromatic nitrogens is 1. The predicted molar refractivity (Wildman–Crippen MR) is 120 cm³/mol. The van der Waals surface area contributed by atoms with Crippen LogP contribution in [0.4, 0.5) is 0 Å². The third-order valence-electron chi connectivity index (χ3n) is 4.77. The molecule has 0 radical (unpaired) electrons. The van der Waals surface area contributed by atoms with Crippen molar-refractivity contribution >= 4 is 23.2 Å². The van der Waals surface area contributed by atoms with Gasteiger partial charge < -0.3 is 0 Å². The summed E-state index contributed by atoms with van der Waals surface area (Å²) in [6, 6.07) is 26.8. The van der Waals surface area contributed by atoms with Crippen molar-refractivity contribution < 1.29 is 0 Å². The van der Waals surface area contributed by atoms with Crippen molar-refractivity contribution in [1.82, 2.24) is 4.98 Å². The summed E-state index contributed by atoms with van der Waals surface area (Å²) in [7, 11) is 0. The fourth-order valence-corrected chi connectivity index (χ4v) is 3.42. The Bertz CT molecular complexity index is 1070. The first kappa shape index (κ1) is 18.7. The van der Waals surface area contributed by atoms with E-state index in [9.17, 15) is 0 Å². The van der Waals surface area contributed by atoms with Gasteiger partial charge in [-0.15, -0.1) is 0 Å². The van der Waals surface area contributed by atoms with Gasteiger partial charge in [0.05, 0.1) is 21.4 Å². The Balaban J connectivity index is 1.90. The van der Waals surface area contributed by atoms with Gasteiger partial charge in [-0.1, -0.05) is 88.9 Å². The Morgan fingerprint density at radius 1 is 0.500 bits per heavy atom. The molecule has 0 aliphatic heterocycles. The van der Waals surface area contributed by atoms with E-state index in [4.69, 9.17) is 28.2 Å². The Hall–Kier alpha value is -2.61. The highest BCUT2D eigenvalue weighted by atomic mass is 35.5. The minimum atomic E-state index is 0.546. The Labute approximate surface area is 175 Å². The maximum absolute atomic E-state index is 6.26. The van der Waals surface area contributed by atoms with Crippen molar-refractivity contribution in [2.45, 2.75) is 13.8 Å². The molecule has 1 nitrogen and oxygen atoms in total. The smallest absolute Gasteiger partial charge is 0.0715 e. The minimum Gasteiger partial charge on any atom is -0.248 e. The zero-order chi connectivity index (χ0) is 19.7. The van der Waals surface area contributed by atoms with Crippen LogP contribution in [0.1, 0.15) is 11.1 Å². The normalized spacial score (nSPS) is 10.9. The number of hydrogen-bond donors (Lipinski definition) is 0. The molecule has 0 unspecified atom stereocenters. The fraction of sp³-hybridized carbons (Fsp3) is 0.0800. The van der Waals surface area contributed by atoms with Gasteiger partial charge in [-0.25, -0.2) is 4.98 Å². The van der Waals surface area contributed by atoms with Gasteiger partial charge >= 0.3 is 0 Å². The lowest BCUT2D eigenvalue weighted by atomic mass is 9.99. The molecule has 0 aliphatic carbocycles. The molecule has 0 spiro atoms. The summed E-state index contributed by atoms with van der Waals surface area (Å²) in [5.41, 5.74) is 8.55. The van der Waals surface area contributed by atoms with Gasteiger partial charge in [0, 0.05) is 11.1 Å². The molecular weight excluding hydrogens is 385 g/mol. The van der Waals surface area contributed by atoms with Crippen molar-refractivity contribution in [3.05, 3.63) is 100 Å². The fourth-order valence-electron chi connectivity index (χ4n) is 3.12. The van der Waals surface area contributed by atoms with Gasteiger partial charge in [0.1, 0.15) is 0 Å². The van der Waals surface area contributed by atoms with Crippen molar-refractivity contribution in [2.75, 3.05) is 0 Å². The Morgan fingerprint density at radius 2 is 0.964 bits per heavy atom. The second-order valence-corrected chi connectivity index (χ2v) is 7.80. The molecule has 4 rings (SSSR count). The third kappa shape index (κ3) is 3.96. The molecule has 0 aliphatic rings. The van der Waals surface area contributed by atoms with E-state index in [0.717, 1.165) is 33.6 Å². The number of nitrogens with zero attached hydrogens (tertiary/aromatic N) is 1. The highest BCUT2D eigenvalue weighted by Crippen LogP contribution is 2.33. The second-order valence-electron chi connectivity index (χ2n) is 6.99. The summed E-state index contributed by atoms with van der Waals surface area (Å²) >= 11 is 12.4. The Kier molecular flexibility index (Phi) is 5.21. The molecule has 4 aromatic rings. The van der Waals surface area contributed by atoms with Crippen LogP contribution in [0.5, 0.6) is 0 Å². The van der Waals surface area contributed by atoms with Gasteiger partial charge in [-0.3, -0.25) is 0 Å². The van der Waals surface area contributed by atoms with E-state index in [1.807, 2.05) is 18.2 Å². The second kappa shape index (κ2) is 7.79. The van der Waals surface area contributed by atoms with Crippen LogP contribution in [0.25, 0.3) is 33.6 Å². The topological polar surface area (TPSA) is 12.9 Å². The lowest BCUT2D eigenvalue weighted by Gasteiger charge is -2.11. The van der Waals surface area contributed by atoms with Gasteiger partial charge in [0.25, 0.3) is 0 Å². The van der Waals surface area contributed by atoms with Crippen molar-refractivity contribution in [2.24, 2.45) is 0 Å². The molecule has 3 heteroatoms. The molecule has 1 aromatic heterocycles. The number of pyridine rings is 1. The number of halogens is 2. The van der Waals surface area contributed by atoms with Gasteiger partial charge in [-0.2, -0.15) is 0 Å². The van der Waals surface area contributed by atoms with Crippen molar-refractivity contribution in [1.29, 1.82) is 0 Å². The first-order chi connectivity index (χ1) is 13.5. The van der Waals surface area contributed by atoms with E-state index in [2.05, 4.69) is 74.5 Å². The summed E-state index contributed by atoms with van der Waals surface area (Å²) < 4.78 is 0. The van der Waals surface area contributed by atoms with E-state index in [0.29, 0.717) is 10.0 Å². The van der Waals surface area contributed by atoms with Crippen LogP contribution in [0, 0.1) is 13.8 Å². The molecule has 138 valence electrons. The number of aryl methyl sites for hydroxylation is 2. The lowest BCUT2D eigenvalue weighted by Crippen LogP contribution is -1.91. The molecule has 0 fully saturated rings. The standard InChI is InChI=1S/C25H19Cl2N/c1-16-3-7-18(8-4-16)24-14-21(20-11-12-22(26)23(27)13-20)15-25(28-24)19-9-5-17(2)6-10-19/h3-15H,1-2H3. The van der Waals surface area contributed by atoms with Gasteiger partial charge in [-0.05, 0) is 49.2 Å². The maximum atomic E-state index is 6.26. The molecule has 0 amide bonds. The quantitative estimate of drug-likeness (QED) is 0.337. The van der Waals surface area contributed by atoms with Crippen LogP contribution in [-0.2, 0) is 0 Å². The average molecular weight is 404 g/mol. The monoisotopic (exact) mass is 403 g/mol. The largest absolute Gasteiger partial charge is 0.248 e. The van der Waals surface area contributed by atoms with E-state index < -0.39 is 0 Å². The van der Waals surface area contributed by atoms with Gasteiger partial charge in [0.2, 0.25) is 0 Å². The van der Waals surface area contributed by atoms with Gasteiger partial charge in [0.15, 0.2) is 0 Å². The van der Waals surface area contributed by atoms with E-state index in [1.54, 1.807) is 0 Å². The van der Waals surface area contributed by atoms with Crippen LogP contribution < -0.4 is 0 Å². The summed E-state index contributed by atoms with van der Waals surface area (Å²) in [5.74, 6) is 0. The highest BCUT2D eigenvalue weighted by molar-refractivity contribution is 6.42. The number of benzene rings is 3. The molecule has 28 heavy (non-hydrogen) atoms. The van der Waals surface area contributed by atoms with E-state index in [-0.39, 0.29) is 0 Å². The van der Waals surface area contributed by atoms with Crippen LogP contribution in [0.3, 0.4) is 0 Å². The summed E-state index contributed by atoms with van der Waals surface area (Å²) in [6.07, 6.45) is 0. The molecule has 1 heterocycles. The molecule has 3 aromatic carbocycles. The van der Waals surface area contributed by atoms with Crippen LogP contribution in [0.15, 0.2) is 78.9 Å². The first-order valence-corrected chi connectivity index (χ1v) is 9.87. The van der Waals surface area contributed by atoms with E-state index in [1.165, 1.54) is 11.1 Å². The van der Waals surface area contributed by atoms with Crippen LogP contribution in [-0.4, -0.2) is 4.98 Å². The Morgan fingerprint density at radius 3 is 1.43 bits per heavy atom. The maximum Gasteiger partial charge on any atom is 0.0715 e. The lowest BCUT2D eigenvalue weighted by molar-refractivity contribution is 1.31. The summed E-state index contributed by atoms with van der Waals surface area (Å²) in [4.78, 5) is 4.94. The summed E-state index contributed by atoms with van der Waals surface area (Å²) in [6.45, 7) is 4.17. The molecule has 0 N–H and O–H groups in total. The SMILES string of the molecule is Cc1ccc(-c2cc(-c3ccc(Cl)c(Cl)c3)cc(-c3ccc(C)cc3)n2)cc1. The minimum absolute atomic E-state index is 0.546. The third-order valence-corrected chi connectivity index (χ3v) is 5.51. The zero-order valence-electron chi connectivity index (χ0n) is 15.7. The van der Waals surface area contributed by atoms with Crippen LogP contribution >= 0.6 is 23.2 Å². The first-order valence-electron chi connectivity index (χ1n) is 9.11. The van der Waals surface area contributed by atoms with E-state index >= 15 is 0 Å². The molecule has 0 atom stereocenters. The average Bonchev–Trinajstić information content (AvgIpc) is 2.71. The zero-order valence-corrected chi connectivity index (χ0v) is 17.2. The van der Waals surface area contributed by atoms with Crippen molar-refractivity contribution in [3.8, 4) is 33.6 Å². The highest BCUT2D eigenvalue weighted by Gasteiger charge is 2.10. The molecule has 0 bridgehead atoms.